The van der Waals surface area contributed by atoms with Gasteiger partial charge in [-0.05, 0) is 19.8 Å². The Morgan fingerprint density at radius 1 is 0.862 bits per heavy atom. The van der Waals surface area contributed by atoms with Gasteiger partial charge < -0.3 is 9.47 Å². The Morgan fingerprint density at radius 2 is 1.31 bits per heavy atom. The maximum atomic E-state index is 14.1. The molecule has 0 aliphatic carbocycles. The quantitative estimate of drug-likeness (QED) is 0.632. The fourth-order valence-electron chi connectivity index (χ4n) is 3.75. The molecule has 0 N–H and O–H groups in total. The van der Waals surface area contributed by atoms with Crippen molar-refractivity contribution in [3.63, 3.8) is 0 Å². The van der Waals surface area contributed by atoms with Crippen LogP contribution in [0.15, 0.2) is 0 Å². The van der Waals surface area contributed by atoms with Crippen molar-refractivity contribution in [1.82, 2.24) is 0 Å². The molecule has 0 bridgehead atoms. The van der Waals surface area contributed by atoms with E-state index in [1.165, 1.54) is 6.92 Å². The summed E-state index contributed by atoms with van der Waals surface area (Å²) in [6, 6.07) is 0. The summed E-state index contributed by atoms with van der Waals surface area (Å²) in [5.41, 5.74) is -1.72. The molecule has 2 aliphatic heterocycles. The maximum Gasteiger partial charge on any atom is 0.420 e. The number of hydrogen-bond acceptors (Lipinski definition) is 8. The van der Waals surface area contributed by atoms with Gasteiger partial charge in [-0.2, -0.15) is 30.0 Å². The molecule has 2 heterocycles. The van der Waals surface area contributed by atoms with Gasteiger partial charge in [0.2, 0.25) is 0 Å². The molecule has 29 heavy (non-hydrogen) atoms. The first kappa shape index (κ1) is 22.1. The molecule has 0 saturated carbocycles. The Labute approximate surface area is 166 Å². The Kier molecular flexibility index (Phi) is 5.56. The van der Waals surface area contributed by atoms with Crippen molar-refractivity contribution in [3.05, 3.63) is 22.3 Å². The Balaban J connectivity index is 2.34. The van der Waals surface area contributed by atoms with Crippen LogP contribution in [-0.2, 0) is 34.8 Å². The van der Waals surface area contributed by atoms with E-state index in [1.807, 2.05) is 0 Å². The zero-order valence-corrected chi connectivity index (χ0v) is 17.3. The van der Waals surface area contributed by atoms with Crippen molar-refractivity contribution in [2.45, 2.75) is 38.1 Å². The molecular formula is C16H19F3O8S2. The molecule has 3 rings (SSSR count). The van der Waals surface area contributed by atoms with E-state index in [4.69, 9.17) is 17.8 Å². The van der Waals surface area contributed by atoms with Gasteiger partial charge in [0.1, 0.15) is 29.3 Å². The van der Waals surface area contributed by atoms with Gasteiger partial charge in [0, 0.05) is 16.7 Å². The molecule has 0 amide bonds. The van der Waals surface area contributed by atoms with Crippen LogP contribution in [0.2, 0.25) is 0 Å². The van der Waals surface area contributed by atoms with Crippen LogP contribution >= 0.6 is 0 Å². The van der Waals surface area contributed by atoms with E-state index in [-0.39, 0.29) is 35.5 Å². The molecule has 1 aromatic carbocycles. The Morgan fingerprint density at radius 3 is 1.66 bits per heavy atom. The summed E-state index contributed by atoms with van der Waals surface area (Å²) < 4.78 is 109. The molecule has 8 nitrogen and oxygen atoms in total. The third kappa shape index (κ3) is 4.05. The standard InChI is InChI=1S/C16H19F3O8S2/c1-8-11(9-4-6-28(20,21)26-9)15(25-3)13(16(17,18)19)12(14(8)24-2)10-5-7-29(22,23)27-10/h9-10H,4-7H2,1-3H3. The lowest BCUT2D eigenvalue weighted by Gasteiger charge is -2.27. The topological polar surface area (TPSA) is 105 Å². The summed E-state index contributed by atoms with van der Waals surface area (Å²) in [7, 11) is -5.70. The molecule has 13 heteroatoms. The lowest BCUT2D eigenvalue weighted by atomic mass is 9.88. The first-order valence-electron chi connectivity index (χ1n) is 8.48. The second kappa shape index (κ2) is 7.29. The number of hydrogen-bond donors (Lipinski definition) is 0. The molecule has 0 radical (unpaired) electrons. The monoisotopic (exact) mass is 460 g/mol. The number of halogens is 3. The predicted octanol–water partition coefficient (Wildman–Crippen LogP) is 2.61. The van der Waals surface area contributed by atoms with Crippen LogP contribution in [0.1, 0.15) is 47.3 Å². The number of rotatable bonds is 4. The van der Waals surface area contributed by atoms with Gasteiger partial charge in [0.25, 0.3) is 20.2 Å². The van der Waals surface area contributed by atoms with E-state index >= 15 is 0 Å². The minimum atomic E-state index is -4.97. The third-order valence-electron chi connectivity index (χ3n) is 4.85. The Hall–Kier alpha value is -1.57. The van der Waals surface area contributed by atoms with Gasteiger partial charge in [0.05, 0.1) is 25.7 Å². The summed E-state index contributed by atoms with van der Waals surface area (Å²) >= 11 is 0. The van der Waals surface area contributed by atoms with E-state index in [1.54, 1.807) is 0 Å². The molecule has 2 atom stereocenters. The maximum absolute atomic E-state index is 14.1. The Bertz CT molecular complexity index is 1030. The van der Waals surface area contributed by atoms with Crippen molar-refractivity contribution in [1.29, 1.82) is 0 Å². The van der Waals surface area contributed by atoms with Gasteiger partial charge in [-0.3, -0.25) is 8.37 Å². The second-order valence-electron chi connectivity index (χ2n) is 6.66. The summed E-state index contributed by atoms with van der Waals surface area (Å²) in [6.45, 7) is 1.43. The highest BCUT2D eigenvalue weighted by Gasteiger charge is 2.47. The number of benzene rings is 1. The molecule has 0 spiro atoms. The lowest BCUT2D eigenvalue weighted by molar-refractivity contribution is -0.140. The van der Waals surface area contributed by atoms with E-state index in [0.29, 0.717) is 0 Å². The second-order valence-corrected chi connectivity index (χ2v) is 10.1. The van der Waals surface area contributed by atoms with Gasteiger partial charge in [-0.15, -0.1) is 0 Å². The van der Waals surface area contributed by atoms with Crippen LogP contribution in [0.25, 0.3) is 0 Å². The third-order valence-corrected chi connectivity index (χ3v) is 7.37. The fourth-order valence-corrected chi connectivity index (χ4v) is 6.04. The number of alkyl halides is 3. The number of methoxy groups -OCH3 is 2. The number of ether oxygens (including phenoxy) is 2. The van der Waals surface area contributed by atoms with Crippen molar-refractivity contribution < 1.29 is 47.8 Å². The molecule has 164 valence electrons. The summed E-state index contributed by atoms with van der Waals surface area (Å²) in [5.74, 6) is -1.68. The van der Waals surface area contributed by atoms with E-state index in [2.05, 4.69) is 0 Å². The van der Waals surface area contributed by atoms with E-state index in [9.17, 15) is 30.0 Å². The van der Waals surface area contributed by atoms with Crippen molar-refractivity contribution in [2.24, 2.45) is 0 Å². The van der Waals surface area contributed by atoms with Crippen LogP contribution in [0.4, 0.5) is 13.2 Å². The first-order chi connectivity index (χ1) is 13.3. The first-order valence-corrected chi connectivity index (χ1v) is 11.6. The molecule has 2 saturated heterocycles. The molecule has 2 aliphatic rings. The highest BCUT2D eigenvalue weighted by atomic mass is 32.2. The average Bonchev–Trinajstić information content (AvgIpc) is 3.13. The van der Waals surface area contributed by atoms with Crippen LogP contribution in [-0.4, -0.2) is 42.6 Å². The SMILES string of the molecule is COc1c(C)c(C2CCS(=O)(=O)O2)c(OC)c(C(F)(F)F)c1C1CCS(=O)(=O)O1. The van der Waals surface area contributed by atoms with Gasteiger partial charge in [-0.25, -0.2) is 0 Å². The largest absolute Gasteiger partial charge is 0.496 e. The molecule has 0 aromatic heterocycles. The lowest BCUT2D eigenvalue weighted by Crippen LogP contribution is -2.19. The minimum absolute atomic E-state index is 0.0619. The molecule has 1 aromatic rings. The highest BCUT2D eigenvalue weighted by molar-refractivity contribution is 7.87. The normalized spacial score (nSPS) is 25.9. The van der Waals surface area contributed by atoms with E-state index < -0.39 is 61.2 Å². The van der Waals surface area contributed by atoms with Crippen molar-refractivity contribution >= 4 is 20.2 Å². The highest BCUT2D eigenvalue weighted by Crippen LogP contribution is 2.54. The van der Waals surface area contributed by atoms with Gasteiger partial charge >= 0.3 is 6.18 Å². The van der Waals surface area contributed by atoms with Crippen LogP contribution in [0.5, 0.6) is 11.5 Å². The van der Waals surface area contributed by atoms with Crippen molar-refractivity contribution in [3.8, 4) is 11.5 Å². The zero-order chi connectivity index (χ0) is 21.8. The molecule has 2 fully saturated rings. The summed E-state index contributed by atoms with van der Waals surface area (Å²) in [6.07, 6.45) is -7.83. The molecule has 2 unspecified atom stereocenters. The molecular weight excluding hydrogens is 441 g/mol. The van der Waals surface area contributed by atoms with Crippen LogP contribution < -0.4 is 9.47 Å². The minimum Gasteiger partial charge on any atom is -0.496 e. The summed E-state index contributed by atoms with van der Waals surface area (Å²) in [5, 5.41) is 0. The van der Waals surface area contributed by atoms with Crippen LogP contribution in [0.3, 0.4) is 0 Å². The summed E-state index contributed by atoms with van der Waals surface area (Å²) in [4.78, 5) is 0. The van der Waals surface area contributed by atoms with Crippen LogP contribution in [0, 0.1) is 6.92 Å². The average molecular weight is 460 g/mol. The van der Waals surface area contributed by atoms with E-state index in [0.717, 1.165) is 14.2 Å². The zero-order valence-electron chi connectivity index (χ0n) is 15.7. The van der Waals surface area contributed by atoms with Crippen molar-refractivity contribution in [2.75, 3.05) is 25.7 Å². The van der Waals surface area contributed by atoms with Gasteiger partial charge in [0.15, 0.2) is 0 Å². The van der Waals surface area contributed by atoms with Gasteiger partial charge in [-0.1, -0.05) is 0 Å². The predicted molar refractivity (Wildman–Crippen MR) is 93.7 cm³/mol. The fraction of sp³-hybridized carbons (Fsp3) is 0.625. The smallest absolute Gasteiger partial charge is 0.420 e.